The molecule has 0 saturated carbocycles. The Morgan fingerprint density at radius 2 is 1.92 bits per heavy atom. The molecule has 0 spiro atoms. The van der Waals surface area contributed by atoms with Gasteiger partial charge >= 0.3 is 0 Å². The third-order valence-electron chi connectivity index (χ3n) is 2.64. The number of fused-ring (bicyclic) bond motifs is 1. The second kappa shape index (κ2) is 2.99. The third kappa shape index (κ3) is 1.39. The van der Waals surface area contributed by atoms with Crippen LogP contribution < -0.4 is 0 Å². The molecule has 0 atom stereocenters. The molecule has 0 heterocycles. The van der Waals surface area contributed by atoms with E-state index in [9.17, 15) is 4.39 Å². The van der Waals surface area contributed by atoms with Crippen LogP contribution in [0.5, 0.6) is 0 Å². The number of allylic oxidation sites excluding steroid dienone is 1. The number of rotatable bonds is 0. The Kier molecular flexibility index (Phi) is 1.95. The van der Waals surface area contributed by atoms with Crippen LogP contribution in [0.4, 0.5) is 4.39 Å². The zero-order valence-electron chi connectivity index (χ0n) is 8.02. The van der Waals surface area contributed by atoms with Gasteiger partial charge in [-0.3, -0.25) is 0 Å². The minimum absolute atomic E-state index is 0.0127. The summed E-state index contributed by atoms with van der Waals surface area (Å²) in [4.78, 5) is 0. The summed E-state index contributed by atoms with van der Waals surface area (Å²) in [6.45, 7) is 3.92. The normalized spacial score (nSPS) is 15.2. The standard InChI is InChI=1S/C12H13F/c1-8-3-6-11-10(7-8)5-4-9(2)12(11)13/h4-5,7H,3,6H2,1-2H3. The fraction of sp³-hybridized carbons (Fsp3) is 0.333. The van der Waals surface area contributed by atoms with Gasteiger partial charge in [-0.2, -0.15) is 0 Å². The van der Waals surface area contributed by atoms with E-state index in [2.05, 4.69) is 13.0 Å². The minimum Gasteiger partial charge on any atom is -0.206 e. The van der Waals surface area contributed by atoms with Crippen molar-refractivity contribution < 1.29 is 4.39 Å². The van der Waals surface area contributed by atoms with Crippen LogP contribution in [-0.2, 0) is 6.42 Å². The Hall–Kier alpha value is -1.11. The van der Waals surface area contributed by atoms with Crippen molar-refractivity contribution in [3.63, 3.8) is 0 Å². The van der Waals surface area contributed by atoms with Crippen LogP contribution >= 0.6 is 0 Å². The second-order valence-electron chi connectivity index (χ2n) is 3.75. The van der Waals surface area contributed by atoms with Gasteiger partial charge in [-0.15, -0.1) is 0 Å². The van der Waals surface area contributed by atoms with E-state index in [0.29, 0.717) is 0 Å². The number of benzene rings is 1. The van der Waals surface area contributed by atoms with Crippen molar-refractivity contribution in [2.24, 2.45) is 0 Å². The summed E-state index contributed by atoms with van der Waals surface area (Å²) < 4.78 is 13.6. The van der Waals surface area contributed by atoms with E-state index in [1.165, 1.54) is 5.57 Å². The second-order valence-corrected chi connectivity index (χ2v) is 3.75. The van der Waals surface area contributed by atoms with Crippen molar-refractivity contribution in [2.75, 3.05) is 0 Å². The number of hydrogen-bond donors (Lipinski definition) is 0. The van der Waals surface area contributed by atoms with Crippen LogP contribution in [0.15, 0.2) is 17.7 Å². The van der Waals surface area contributed by atoms with Gasteiger partial charge in [-0.25, -0.2) is 4.39 Å². The van der Waals surface area contributed by atoms with Crippen LogP contribution in [0, 0.1) is 12.7 Å². The maximum atomic E-state index is 13.6. The van der Waals surface area contributed by atoms with E-state index in [-0.39, 0.29) is 5.82 Å². The number of aryl methyl sites for hydroxylation is 1. The topological polar surface area (TPSA) is 0 Å². The molecule has 0 unspecified atom stereocenters. The molecular formula is C12H13F. The first kappa shape index (κ1) is 8.49. The lowest BCUT2D eigenvalue weighted by molar-refractivity contribution is 0.597. The summed E-state index contributed by atoms with van der Waals surface area (Å²) in [5, 5.41) is 0. The van der Waals surface area contributed by atoms with Crippen molar-refractivity contribution in [3.8, 4) is 0 Å². The Balaban J connectivity index is 2.61. The predicted molar refractivity (Wildman–Crippen MR) is 53.1 cm³/mol. The fourth-order valence-corrected chi connectivity index (χ4v) is 1.80. The highest BCUT2D eigenvalue weighted by Gasteiger charge is 2.13. The summed E-state index contributed by atoms with van der Waals surface area (Å²) in [6.07, 6.45) is 3.93. The molecule has 1 heteroatoms. The van der Waals surface area contributed by atoms with Gasteiger partial charge in [0.1, 0.15) is 5.82 Å². The Bertz CT molecular complexity index is 375. The molecule has 0 aliphatic heterocycles. The number of hydrogen-bond acceptors (Lipinski definition) is 0. The molecule has 0 aromatic heterocycles. The molecule has 0 N–H and O–H groups in total. The van der Waals surface area contributed by atoms with E-state index < -0.39 is 0 Å². The van der Waals surface area contributed by atoms with Crippen molar-refractivity contribution in [1.29, 1.82) is 0 Å². The largest absolute Gasteiger partial charge is 0.206 e. The fourth-order valence-electron chi connectivity index (χ4n) is 1.80. The van der Waals surface area contributed by atoms with Gasteiger partial charge in [0, 0.05) is 0 Å². The zero-order valence-corrected chi connectivity index (χ0v) is 8.02. The molecule has 13 heavy (non-hydrogen) atoms. The van der Waals surface area contributed by atoms with E-state index in [4.69, 9.17) is 0 Å². The van der Waals surface area contributed by atoms with Crippen LogP contribution in [0.3, 0.4) is 0 Å². The quantitative estimate of drug-likeness (QED) is 0.567. The van der Waals surface area contributed by atoms with Crippen LogP contribution in [0.25, 0.3) is 6.08 Å². The minimum atomic E-state index is -0.0127. The molecule has 0 amide bonds. The molecule has 1 aliphatic rings. The molecule has 2 rings (SSSR count). The van der Waals surface area contributed by atoms with Gasteiger partial charge in [0.2, 0.25) is 0 Å². The summed E-state index contributed by atoms with van der Waals surface area (Å²) in [5.74, 6) is -0.0127. The summed E-state index contributed by atoms with van der Waals surface area (Å²) in [7, 11) is 0. The Morgan fingerprint density at radius 1 is 1.15 bits per heavy atom. The van der Waals surface area contributed by atoms with E-state index in [1.54, 1.807) is 0 Å². The van der Waals surface area contributed by atoms with Gasteiger partial charge in [0.15, 0.2) is 0 Å². The molecule has 0 fully saturated rings. The first-order valence-electron chi connectivity index (χ1n) is 4.63. The van der Waals surface area contributed by atoms with Crippen molar-refractivity contribution in [3.05, 3.63) is 40.2 Å². The van der Waals surface area contributed by atoms with Gasteiger partial charge in [-0.1, -0.05) is 23.8 Å². The lowest BCUT2D eigenvalue weighted by Crippen LogP contribution is -2.02. The van der Waals surface area contributed by atoms with Crippen LogP contribution in [-0.4, -0.2) is 0 Å². The monoisotopic (exact) mass is 176 g/mol. The summed E-state index contributed by atoms with van der Waals surface area (Å²) in [6, 6.07) is 3.86. The molecular weight excluding hydrogens is 163 g/mol. The molecule has 1 aromatic rings. The predicted octanol–water partition coefficient (Wildman–Crippen LogP) is 3.48. The van der Waals surface area contributed by atoms with Crippen molar-refractivity contribution in [1.82, 2.24) is 0 Å². The first-order chi connectivity index (χ1) is 6.18. The maximum absolute atomic E-state index is 13.6. The lowest BCUT2D eigenvalue weighted by Gasteiger charge is -2.15. The molecule has 1 aliphatic carbocycles. The van der Waals surface area contributed by atoms with E-state index >= 15 is 0 Å². The van der Waals surface area contributed by atoms with E-state index in [1.807, 2.05) is 19.1 Å². The number of halogens is 1. The van der Waals surface area contributed by atoms with Crippen molar-refractivity contribution >= 4 is 6.08 Å². The first-order valence-corrected chi connectivity index (χ1v) is 4.63. The smallest absolute Gasteiger partial charge is 0.129 e. The van der Waals surface area contributed by atoms with Gasteiger partial charge in [0.05, 0.1) is 0 Å². The van der Waals surface area contributed by atoms with Gasteiger partial charge in [-0.05, 0) is 43.4 Å². The van der Waals surface area contributed by atoms with Gasteiger partial charge < -0.3 is 0 Å². The highest BCUT2D eigenvalue weighted by molar-refractivity contribution is 5.60. The average Bonchev–Trinajstić information content (AvgIpc) is 2.12. The van der Waals surface area contributed by atoms with Crippen molar-refractivity contribution in [2.45, 2.75) is 26.7 Å². The van der Waals surface area contributed by atoms with Gasteiger partial charge in [0.25, 0.3) is 0 Å². The molecule has 0 bridgehead atoms. The third-order valence-corrected chi connectivity index (χ3v) is 2.64. The summed E-state index contributed by atoms with van der Waals surface area (Å²) >= 11 is 0. The van der Waals surface area contributed by atoms with Crippen LogP contribution in [0.2, 0.25) is 0 Å². The Labute approximate surface area is 78.1 Å². The lowest BCUT2D eigenvalue weighted by atomic mass is 9.91. The molecule has 1 aromatic carbocycles. The molecule has 0 radical (unpaired) electrons. The molecule has 68 valence electrons. The summed E-state index contributed by atoms with van der Waals surface area (Å²) in [5.41, 5.74) is 4.06. The highest BCUT2D eigenvalue weighted by atomic mass is 19.1. The average molecular weight is 176 g/mol. The highest BCUT2D eigenvalue weighted by Crippen LogP contribution is 2.27. The van der Waals surface area contributed by atoms with Crippen LogP contribution in [0.1, 0.15) is 30.0 Å². The molecule has 0 saturated heterocycles. The zero-order chi connectivity index (χ0) is 9.42. The maximum Gasteiger partial charge on any atom is 0.129 e. The SMILES string of the molecule is CC1=Cc2ccc(C)c(F)c2CC1. The molecule has 0 nitrogen and oxygen atoms in total. The Morgan fingerprint density at radius 3 is 2.69 bits per heavy atom. The van der Waals surface area contributed by atoms with E-state index in [0.717, 1.165) is 29.5 Å².